The third kappa shape index (κ3) is 4.39. The molecule has 5 rings (SSSR count). The Bertz CT molecular complexity index is 1300. The number of nitrogens with zero attached hydrogens (tertiary/aromatic N) is 3. The molecule has 1 amide bonds. The molecular formula is C26H24ClN3O3. The van der Waals surface area contributed by atoms with Crippen molar-refractivity contribution in [3.8, 4) is 11.5 Å². The molecule has 0 aliphatic carbocycles. The van der Waals surface area contributed by atoms with E-state index in [0.717, 1.165) is 34.0 Å². The van der Waals surface area contributed by atoms with Crippen molar-refractivity contribution in [2.45, 2.75) is 18.9 Å². The highest BCUT2D eigenvalue weighted by molar-refractivity contribution is 6.30. The maximum Gasteiger partial charge on any atom is 0.227 e. The Morgan fingerprint density at radius 3 is 2.70 bits per heavy atom. The smallest absolute Gasteiger partial charge is 0.227 e. The minimum Gasteiger partial charge on any atom is -0.497 e. The molecule has 7 heteroatoms. The Balaban J connectivity index is 1.39. The minimum atomic E-state index is -0.0132. The molecule has 1 aliphatic rings. The number of carbonyl (C=O) groups is 1. The largest absolute Gasteiger partial charge is 0.497 e. The molecule has 1 atom stereocenters. The Morgan fingerprint density at radius 1 is 1.03 bits per heavy atom. The Morgan fingerprint density at radius 2 is 1.85 bits per heavy atom. The van der Waals surface area contributed by atoms with Crippen LogP contribution in [0.2, 0.25) is 5.02 Å². The van der Waals surface area contributed by atoms with Gasteiger partial charge in [-0.25, -0.2) is 4.98 Å². The van der Waals surface area contributed by atoms with E-state index in [0.29, 0.717) is 31.1 Å². The predicted molar refractivity (Wildman–Crippen MR) is 129 cm³/mol. The maximum atomic E-state index is 12.9. The lowest BCUT2D eigenvalue weighted by Crippen LogP contribution is -2.24. The average Bonchev–Trinajstić information content (AvgIpc) is 3.40. The van der Waals surface area contributed by atoms with E-state index in [9.17, 15) is 4.79 Å². The lowest BCUT2D eigenvalue weighted by atomic mass is 10.1. The van der Waals surface area contributed by atoms with E-state index in [1.807, 2.05) is 66.7 Å². The van der Waals surface area contributed by atoms with E-state index in [1.165, 1.54) is 0 Å². The molecule has 3 aromatic carbocycles. The number of aromatic nitrogens is 2. The van der Waals surface area contributed by atoms with Crippen LogP contribution >= 0.6 is 11.6 Å². The van der Waals surface area contributed by atoms with Crippen LogP contribution < -0.4 is 14.4 Å². The van der Waals surface area contributed by atoms with Crippen molar-refractivity contribution in [2.75, 3.05) is 25.2 Å². The molecule has 1 aromatic heterocycles. The standard InChI is InChI=1S/C26H24ClN3O3/c1-32-21-8-5-9-22(16-21)33-13-12-29-24-11-3-2-10-23(24)28-26(29)18-14-25(31)30(17-18)20-7-4-6-19(27)15-20/h2-11,15-16,18H,12-14,17H2,1H3. The summed E-state index contributed by atoms with van der Waals surface area (Å²) in [5.41, 5.74) is 2.77. The fraction of sp³-hybridized carbons (Fsp3) is 0.231. The lowest BCUT2D eigenvalue weighted by molar-refractivity contribution is -0.117. The molecule has 0 radical (unpaired) electrons. The third-order valence-corrected chi connectivity index (χ3v) is 6.15. The lowest BCUT2D eigenvalue weighted by Gasteiger charge is -2.18. The van der Waals surface area contributed by atoms with Crippen molar-refractivity contribution in [2.24, 2.45) is 0 Å². The Hall–Kier alpha value is -3.51. The van der Waals surface area contributed by atoms with E-state index >= 15 is 0 Å². The van der Waals surface area contributed by atoms with Crippen LogP contribution in [0.3, 0.4) is 0 Å². The second-order valence-electron chi connectivity index (χ2n) is 8.02. The Kier molecular flexibility index (Phi) is 5.92. The molecule has 2 heterocycles. The summed E-state index contributed by atoms with van der Waals surface area (Å²) in [4.78, 5) is 19.6. The first-order chi connectivity index (χ1) is 16.1. The number of ether oxygens (including phenoxy) is 2. The molecule has 1 unspecified atom stereocenters. The van der Waals surface area contributed by atoms with Gasteiger partial charge in [0.25, 0.3) is 0 Å². The summed E-state index contributed by atoms with van der Waals surface area (Å²) < 4.78 is 13.4. The first-order valence-electron chi connectivity index (χ1n) is 10.9. The highest BCUT2D eigenvalue weighted by atomic mass is 35.5. The number of carbonyl (C=O) groups excluding carboxylic acids is 1. The molecule has 4 aromatic rings. The van der Waals surface area contributed by atoms with E-state index in [4.69, 9.17) is 26.1 Å². The van der Waals surface area contributed by atoms with E-state index in [1.54, 1.807) is 12.0 Å². The molecule has 1 saturated heterocycles. The molecule has 0 bridgehead atoms. The van der Waals surface area contributed by atoms with Gasteiger partial charge < -0.3 is 18.9 Å². The van der Waals surface area contributed by atoms with Gasteiger partial charge >= 0.3 is 0 Å². The highest BCUT2D eigenvalue weighted by Gasteiger charge is 2.34. The van der Waals surface area contributed by atoms with Crippen LogP contribution in [0, 0.1) is 0 Å². The number of para-hydroxylation sites is 2. The maximum absolute atomic E-state index is 12.9. The SMILES string of the molecule is COc1cccc(OCCn2c(C3CC(=O)N(c4cccc(Cl)c4)C3)nc3ccccc32)c1. The van der Waals surface area contributed by atoms with E-state index in [-0.39, 0.29) is 11.8 Å². The fourth-order valence-corrected chi connectivity index (χ4v) is 4.55. The quantitative estimate of drug-likeness (QED) is 0.375. The molecular weight excluding hydrogens is 438 g/mol. The van der Waals surface area contributed by atoms with Gasteiger partial charge in [-0.05, 0) is 42.5 Å². The summed E-state index contributed by atoms with van der Waals surface area (Å²) in [6.45, 7) is 1.66. The zero-order chi connectivity index (χ0) is 22.8. The van der Waals surface area contributed by atoms with Gasteiger partial charge in [-0.2, -0.15) is 0 Å². The molecule has 0 N–H and O–H groups in total. The number of halogens is 1. The van der Waals surface area contributed by atoms with Crippen molar-refractivity contribution < 1.29 is 14.3 Å². The summed E-state index contributed by atoms with van der Waals surface area (Å²) in [7, 11) is 1.64. The van der Waals surface area contributed by atoms with Gasteiger partial charge in [-0.15, -0.1) is 0 Å². The zero-order valence-electron chi connectivity index (χ0n) is 18.3. The summed E-state index contributed by atoms with van der Waals surface area (Å²) in [5.74, 6) is 2.48. The number of hydrogen-bond acceptors (Lipinski definition) is 4. The molecule has 33 heavy (non-hydrogen) atoms. The predicted octanol–water partition coefficient (Wildman–Crippen LogP) is 5.30. The second-order valence-corrected chi connectivity index (χ2v) is 8.46. The number of anilines is 1. The topological polar surface area (TPSA) is 56.6 Å². The van der Waals surface area contributed by atoms with Crippen molar-refractivity contribution in [3.05, 3.63) is 83.6 Å². The normalized spacial score (nSPS) is 15.9. The zero-order valence-corrected chi connectivity index (χ0v) is 19.0. The summed E-state index contributed by atoms with van der Waals surface area (Å²) in [6.07, 6.45) is 0.409. The number of amides is 1. The first-order valence-corrected chi connectivity index (χ1v) is 11.3. The summed E-state index contributed by atoms with van der Waals surface area (Å²) in [6, 6.07) is 23.0. The van der Waals surface area contributed by atoms with Gasteiger partial charge in [0.1, 0.15) is 23.9 Å². The van der Waals surface area contributed by atoms with Crippen LogP contribution in [0.25, 0.3) is 11.0 Å². The van der Waals surface area contributed by atoms with Crippen molar-refractivity contribution in [3.63, 3.8) is 0 Å². The van der Waals surface area contributed by atoms with Crippen molar-refractivity contribution in [1.82, 2.24) is 9.55 Å². The van der Waals surface area contributed by atoms with Crippen LogP contribution in [0.5, 0.6) is 11.5 Å². The number of benzene rings is 3. The van der Waals surface area contributed by atoms with Crippen molar-refractivity contribution in [1.29, 1.82) is 0 Å². The third-order valence-electron chi connectivity index (χ3n) is 5.92. The van der Waals surface area contributed by atoms with Crippen molar-refractivity contribution >= 4 is 34.2 Å². The summed E-state index contributed by atoms with van der Waals surface area (Å²) >= 11 is 6.15. The average molecular weight is 462 g/mol. The fourth-order valence-electron chi connectivity index (χ4n) is 4.36. The molecule has 1 aliphatic heterocycles. The van der Waals surface area contributed by atoms with Gasteiger partial charge in [0.15, 0.2) is 0 Å². The number of fused-ring (bicyclic) bond motifs is 1. The second kappa shape index (κ2) is 9.16. The molecule has 1 fully saturated rings. The number of imidazole rings is 1. The van der Waals surface area contributed by atoms with Gasteiger partial charge in [-0.1, -0.05) is 35.9 Å². The summed E-state index contributed by atoms with van der Waals surface area (Å²) in [5, 5.41) is 0.616. The molecule has 6 nitrogen and oxygen atoms in total. The van der Waals surface area contributed by atoms with Crippen LogP contribution in [0.15, 0.2) is 72.8 Å². The minimum absolute atomic E-state index is 0.0132. The Labute approximate surface area is 197 Å². The molecule has 168 valence electrons. The monoisotopic (exact) mass is 461 g/mol. The number of methoxy groups -OCH3 is 1. The number of rotatable bonds is 7. The first kappa shape index (κ1) is 21.3. The van der Waals surface area contributed by atoms with E-state index in [2.05, 4.69) is 10.6 Å². The van der Waals surface area contributed by atoms with Crippen LogP contribution in [-0.4, -0.2) is 35.7 Å². The van der Waals surface area contributed by atoms with Crippen LogP contribution in [0.1, 0.15) is 18.2 Å². The van der Waals surface area contributed by atoms with Gasteiger partial charge in [-0.3, -0.25) is 4.79 Å². The van der Waals surface area contributed by atoms with Gasteiger partial charge in [0.05, 0.1) is 24.7 Å². The van der Waals surface area contributed by atoms with Crippen LogP contribution in [0.4, 0.5) is 5.69 Å². The van der Waals surface area contributed by atoms with E-state index < -0.39 is 0 Å². The van der Waals surface area contributed by atoms with Gasteiger partial charge in [0, 0.05) is 35.7 Å². The number of hydrogen-bond donors (Lipinski definition) is 0. The molecule has 0 spiro atoms. The van der Waals surface area contributed by atoms with Crippen LogP contribution in [-0.2, 0) is 11.3 Å². The molecule has 0 saturated carbocycles. The highest BCUT2D eigenvalue weighted by Crippen LogP contribution is 2.34. The van der Waals surface area contributed by atoms with Gasteiger partial charge in [0.2, 0.25) is 5.91 Å².